The van der Waals surface area contributed by atoms with E-state index in [0.717, 1.165) is 18.5 Å². The van der Waals surface area contributed by atoms with Gasteiger partial charge >= 0.3 is 0 Å². The third-order valence-corrected chi connectivity index (χ3v) is 3.24. The summed E-state index contributed by atoms with van der Waals surface area (Å²) in [5, 5.41) is 13.3. The molecule has 1 heterocycles. The zero-order valence-corrected chi connectivity index (χ0v) is 10.1. The molecule has 0 amide bonds. The van der Waals surface area contributed by atoms with Gasteiger partial charge in [0.05, 0.1) is 6.61 Å². The highest BCUT2D eigenvalue weighted by molar-refractivity contribution is 5.15. The predicted octanol–water partition coefficient (Wildman–Crippen LogP) is 2.23. The summed E-state index contributed by atoms with van der Waals surface area (Å²) >= 11 is 0. The monoisotopic (exact) mass is 235 g/mol. The maximum Gasteiger partial charge on any atom is 0.181 e. The summed E-state index contributed by atoms with van der Waals surface area (Å²) in [5.41, 5.74) is 0.823. The van der Waals surface area contributed by atoms with Gasteiger partial charge in [0.15, 0.2) is 6.29 Å². The second-order valence-electron chi connectivity index (χ2n) is 4.57. The molecule has 0 bridgehead atoms. The molecule has 1 aliphatic heterocycles. The maximum absolute atomic E-state index is 9.81. The van der Waals surface area contributed by atoms with E-state index in [1.807, 2.05) is 30.3 Å². The Kier molecular flexibility index (Phi) is 4.98. The second-order valence-corrected chi connectivity index (χ2v) is 4.57. The topological polar surface area (TPSA) is 41.5 Å². The number of hydrogen-bond donors (Lipinski definition) is 2. The quantitative estimate of drug-likeness (QED) is 0.769. The number of rotatable bonds is 5. The van der Waals surface area contributed by atoms with Gasteiger partial charge in [-0.25, -0.2) is 0 Å². The molecule has 2 rings (SSSR count). The first-order valence-electron chi connectivity index (χ1n) is 6.44. The van der Waals surface area contributed by atoms with Crippen LogP contribution in [0, 0.1) is 0 Å². The van der Waals surface area contributed by atoms with Crippen LogP contribution in [-0.4, -0.2) is 24.3 Å². The van der Waals surface area contributed by atoms with Gasteiger partial charge in [-0.3, -0.25) is 0 Å². The smallest absolute Gasteiger partial charge is 0.181 e. The second kappa shape index (κ2) is 6.74. The van der Waals surface area contributed by atoms with Crippen molar-refractivity contribution in [1.82, 2.24) is 5.32 Å². The molecular weight excluding hydrogens is 214 g/mol. The van der Waals surface area contributed by atoms with Crippen LogP contribution >= 0.6 is 0 Å². The van der Waals surface area contributed by atoms with Crippen LogP contribution in [0.3, 0.4) is 0 Å². The Morgan fingerprint density at radius 2 is 2.12 bits per heavy atom. The van der Waals surface area contributed by atoms with E-state index < -0.39 is 6.29 Å². The van der Waals surface area contributed by atoms with E-state index in [1.165, 1.54) is 19.3 Å². The number of piperidine rings is 1. The molecular formula is C14H21NO2. The van der Waals surface area contributed by atoms with Crippen molar-refractivity contribution in [3.05, 3.63) is 35.9 Å². The standard InChI is InChI=1S/C14H21NO2/c16-14(12-6-2-1-3-7-12)17-11-9-13-8-4-5-10-15-13/h1-3,6-7,13-16H,4-5,8-11H2. The van der Waals surface area contributed by atoms with Gasteiger partial charge in [-0.05, 0) is 25.8 Å². The molecule has 3 heteroatoms. The van der Waals surface area contributed by atoms with E-state index in [4.69, 9.17) is 4.74 Å². The fraction of sp³-hybridized carbons (Fsp3) is 0.571. The Hall–Kier alpha value is -0.900. The predicted molar refractivity (Wildman–Crippen MR) is 67.6 cm³/mol. The minimum atomic E-state index is -0.792. The minimum Gasteiger partial charge on any atom is -0.364 e. The van der Waals surface area contributed by atoms with Crippen molar-refractivity contribution < 1.29 is 9.84 Å². The van der Waals surface area contributed by atoms with Gasteiger partial charge < -0.3 is 15.2 Å². The first kappa shape index (κ1) is 12.6. The van der Waals surface area contributed by atoms with Crippen molar-refractivity contribution >= 4 is 0 Å². The summed E-state index contributed by atoms with van der Waals surface area (Å²) in [5.74, 6) is 0. The average molecular weight is 235 g/mol. The normalized spacial score (nSPS) is 22.3. The number of aliphatic hydroxyl groups excluding tert-OH is 1. The van der Waals surface area contributed by atoms with Gasteiger partial charge in [0, 0.05) is 11.6 Å². The molecule has 0 saturated carbocycles. The van der Waals surface area contributed by atoms with Crippen LogP contribution in [0.4, 0.5) is 0 Å². The van der Waals surface area contributed by atoms with Gasteiger partial charge in [0.25, 0.3) is 0 Å². The fourth-order valence-corrected chi connectivity index (χ4v) is 2.21. The van der Waals surface area contributed by atoms with E-state index in [-0.39, 0.29) is 0 Å². The van der Waals surface area contributed by atoms with Crippen LogP contribution in [-0.2, 0) is 4.74 Å². The third kappa shape index (κ3) is 4.11. The lowest BCUT2D eigenvalue weighted by Gasteiger charge is -2.23. The Morgan fingerprint density at radius 3 is 2.82 bits per heavy atom. The summed E-state index contributed by atoms with van der Waals surface area (Å²) in [4.78, 5) is 0. The Balaban J connectivity index is 1.67. The van der Waals surface area contributed by atoms with E-state index in [2.05, 4.69) is 5.32 Å². The van der Waals surface area contributed by atoms with Crippen molar-refractivity contribution in [3.8, 4) is 0 Å². The molecule has 17 heavy (non-hydrogen) atoms. The van der Waals surface area contributed by atoms with Crippen LogP contribution < -0.4 is 5.32 Å². The first-order chi connectivity index (χ1) is 8.36. The molecule has 2 N–H and O–H groups in total. The Morgan fingerprint density at radius 1 is 1.29 bits per heavy atom. The largest absolute Gasteiger partial charge is 0.364 e. The summed E-state index contributed by atoms with van der Waals surface area (Å²) in [6.07, 6.45) is 4.00. The van der Waals surface area contributed by atoms with Crippen molar-refractivity contribution in [1.29, 1.82) is 0 Å². The van der Waals surface area contributed by atoms with E-state index in [9.17, 15) is 5.11 Å². The highest BCUT2D eigenvalue weighted by Gasteiger charge is 2.13. The van der Waals surface area contributed by atoms with Gasteiger partial charge in [-0.2, -0.15) is 0 Å². The molecule has 0 radical (unpaired) electrons. The van der Waals surface area contributed by atoms with Gasteiger partial charge in [-0.1, -0.05) is 36.8 Å². The third-order valence-electron chi connectivity index (χ3n) is 3.24. The van der Waals surface area contributed by atoms with E-state index >= 15 is 0 Å². The molecule has 1 aromatic rings. The molecule has 1 aliphatic rings. The lowest BCUT2D eigenvalue weighted by atomic mass is 10.0. The molecule has 2 atom stereocenters. The number of aliphatic hydroxyl groups is 1. The minimum absolute atomic E-state index is 0.562. The Bertz CT molecular complexity index is 309. The fourth-order valence-electron chi connectivity index (χ4n) is 2.21. The molecule has 0 aliphatic carbocycles. The number of ether oxygens (including phenoxy) is 1. The molecule has 1 aromatic carbocycles. The summed E-state index contributed by atoms with van der Waals surface area (Å²) in [7, 11) is 0. The van der Waals surface area contributed by atoms with Crippen LogP contribution in [0.1, 0.15) is 37.5 Å². The van der Waals surface area contributed by atoms with Crippen molar-refractivity contribution in [2.75, 3.05) is 13.2 Å². The number of nitrogens with one attached hydrogen (secondary N) is 1. The number of hydrogen-bond acceptors (Lipinski definition) is 3. The van der Waals surface area contributed by atoms with Gasteiger partial charge in [0.2, 0.25) is 0 Å². The molecule has 0 aromatic heterocycles. The lowest BCUT2D eigenvalue weighted by molar-refractivity contribution is -0.105. The van der Waals surface area contributed by atoms with Crippen LogP contribution in [0.25, 0.3) is 0 Å². The SMILES string of the molecule is OC(OCCC1CCCCN1)c1ccccc1. The Labute approximate surface area is 103 Å². The molecule has 1 fully saturated rings. The highest BCUT2D eigenvalue weighted by Crippen LogP contribution is 2.15. The molecule has 3 nitrogen and oxygen atoms in total. The van der Waals surface area contributed by atoms with Crippen LogP contribution in [0.15, 0.2) is 30.3 Å². The molecule has 94 valence electrons. The molecule has 0 spiro atoms. The van der Waals surface area contributed by atoms with Gasteiger partial charge in [0.1, 0.15) is 0 Å². The highest BCUT2D eigenvalue weighted by atomic mass is 16.6. The first-order valence-corrected chi connectivity index (χ1v) is 6.44. The number of benzene rings is 1. The van der Waals surface area contributed by atoms with Crippen LogP contribution in [0.2, 0.25) is 0 Å². The average Bonchev–Trinajstić information content (AvgIpc) is 2.41. The zero-order valence-electron chi connectivity index (χ0n) is 10.1. The van der Waals surface area contributed by atoms with Crippen molar-refractivity contribution in [2.24, 2.45) is 0 Å². The van der Waals surface area contributed by atoms with E-state index in [1.54, 1.807) is 0 Å². The summed E-state index contributed by atoms with van der Waals surface area (Å²) in [6, 6.07) is 10.1. The molecule has 2 unspecified atom stereocenters. The van der Waals surface area contributed by atoms with Crippen molar-refractivity contribution in [2.45, 2.75) is 38.0 Å². The van der Waals surface area contributed by atoms with E-state index in [0.29, 0.717) is 12.6 Å². The molecule has 1 saturated heterocycles. The maximum atomic E-state index is 9.81. The van der Waals surface area contributed by atoms with Crippen molar-refractivity contribution in [3.63, 3.8) is 0 Å². The summed E-state index contributed by atoms with van der Waals surface area (Å²) in [6.45, 7) is 1.72. The lowest BCUT2D eigenvalue weighted by Crippen LogP contribution is -2.34. The summed E-state index contributed by atoms with van der Waals surface area (Å²) < 4.78 is 5.45. The van der Waals surface area contributed by atoms with Crippen LogP contribution in [0.5, 0.6) is 0 Å². The zero-order chi connectivity index (χ0) is 11.9. The van der Waals surface area contributed by atoms with Gasteiger partial charge in [-0.15, -0.1) is 0 Å².